The van der Waals surface area contributed by atoms with E-state index in [0.717, 1.165) is 17.7 Å². The fourth-order valence-electron chi connectivity index (χ4n) is 2.27. The molecular formula is C18H18N4. The Balaban J connectivity index is 1.59. The zero-order valence-corrected chi connectivity index (χ0v) is 12.2. The van der Waals surface area contributed by atoms with Crippen molar-refractivity contribution in [2.45, 2.75) is 13.0 Å². The van der Waals surface area contributed by atoms with Gasteiger partial charge in [-0.1, -0.05) is 54.6 Å². The van der Waals surface area contributed by atoms with Crippen molar-refractivity contribution in [2.75, 3.05) is 0 Å². The van der Waals surface area contributed by atoms with Gasteiger partial charge in [0, 0.05) is 24.7 Å². The molecule has 0 atom stereocenters. The molecule has 0 saturated heterocycles. The maximum atomic E-state index is 8.12. The summed E-state index contributed by atoms with van der Waals surface area (Å²) in [5.41, 5.74) is 4.26. The lowest BCUT2D eigenvalue weighted by molar-refractivity contribution is 0.908. The Bertz CT molecular complexity index is 716. The SMILES string of the molecule is N=C(NCc1ccccc1)c1ccc(Cc2c[nH]cn2)cc1. The van der Waals surface area contributed by atoms with Gasteiger partial charge >= 0.3 is 0 Å². The minimum Gasteiger partial charge on any atom is -0.366 e. The van der Waals surface area contributed by atoms with Crippen molar-refractivity contribution < 1.29 is 0 Å². The van der Waals surface area contributed by atoms with Crippen LogP contribution in [0.25, 0.3) is 0 Å². The number of amidine groups is 1. The summed E-state index contributed by atoms with van der Waals surface area (Å²) in [6, 6.07) is 18.1. The summed E-state index contributed by atoms with van der Waals surface area (Å²) in [6.07, 6.45) is 4.39. The molecular weight excluding hydrogens is 272 g/mol. The van der Waals surface area contributed by atoms with Gasteiger partial charge < -0.3 is 10.3 Å². The van der Waals surface area contributed by atoms with Gasteiger partial charge in [0.1, 0.15) is 5.84 Å². The number of rotatable bonds is 5. The fraction of sp³-hybridized carbons (Fsp3) is 0.111. The molecule has 0 fully saturated rings. The van der Waals surface area contributed by atoms with E-state index in [9.17, 15) is 0 Å². The number of benzene rings is 2. The van der Waals surface area contributed by atoms with Gasteiger partial charge in [-0.25, -0.2) is 4.98 Å². The zero-order chi connectivity index (χ0) is 15.2. The van der Waals surface area contributed by atoms with Gasteiger partial charge in [-0.3, -0.25) is 5.41 Å². The van der Waals surface area contributed by atoms with Crippen LogP contribution in [-0.2, 0) is 13.0 Å². The minimum absolute atomic E-state index is 0.440. The first-order valence-corrected chi connectivity index (χ1v) is 7.24. The van der Waals surface area contributed by atoms with Crippen LogP contribution in [0, 0.1) is 5.41 Å². The first-order chi connectivity index (χ1) is 10.8. The lowest BCUT2D eigenvalue weighted by Gasteiger charge is -2.09. The zero-order valence-electron chi connectivity index (χ0n) is 12.2. The standard InChI is InChI=1S/C18H18N4/c19-18(21-11-15-4-2-1-3-5-15)16-8-6-14(7-9-16)10-17-12-20-13-22-17/h1-9,12-13H,10-11H2,(H2,19,21)(H,20,22). The van der Waals surface area contributed by atoms with Crippen molar-refractivity contribution in [1.82, 2.24) is 15.3 Å². The molecule has 0 aliphatic rings. The first-order valence-electron chi connectivity index (χ1n) is 7.24. The van der Waals surface area contributed by atoms with E-state index < -0.39 is 0 Å². The molecule has 0 aliphatic heterocycles. The monoisotopic (exact) mass is 290 g/mol. The Morgan fingerprint density at radius 1 is 1.00 bits per heavy atom. The number of hydrogen-bond acceptors (Lipinski definition) is 2. The van der Waals surface area contributed by atoms with Crippen LogP contribution < -0.4 is 5.32 Å². The van der Waals surface area contributed by atoms with Crippen molar-refractivity contribution in [2.24, 2.45) is 0 Å². The van der Waals surface area contributed by atoms with Crippen LogP contribution in [0.1, 0.15) is 22.4 Å². The number of aromatic amines is 1. The van der Waals surface area contributed by atoms with Gasteiger partial charge in [-0.15, -0.1) is 0 Å². The van der Waals surface area contributed by atoms with Crippen LogP contribution >= 0.6 is 0 Å². The lowest BCUT2D eigenvalue weighted by atomic mass is 10.1. The second-order valence-electron chi connectivity index (χ2n) is 5.15. The molecule has 0 unspecified atom stereocenters. The van der Waals surface area contributed by atoms with E-state index in [1.807, 2.05) is 60.8 Å². The van der Waals surface area contributed by atoms with E-state index in [1.165, 1.54) is 11.1 Å². The molecule has 0 spiro atoms. The van der Waals surface area contributed by atoms with Crippen LogP contribution in [0.15, 0.2) is 67.1 Å². The second kappa shape index (κ2) is 6.72. The van der Waals surface area contributed by atoms with E-state index in [2.05, 4.69) is 15.3 Å². The third-order valence-electron chi connectivity index (χ3n) is 3.49. The molecule has 3 aromatic rings. The van der Waals surface area contributed by atoms with E-state index >= 15 is 0 Å². The number of imidazole rings is 1. The van der Waals surface area contributed by atoms with Crippen LogP contribution in [0.2, 0.25) is 0 Å². The smallest absolute Gasteiger partial charge is 0.125 e. The number of H-pyrrole nitrogens is 1. The maximum absolute atomic E-state index is 8.12. The minimum atomic E-state index is 0.440. The Morgan fingerprint density at radius 3 is 2.45 bits per heavy atom. The summed E-state index contributed by atoms with van der Waals surface area (Å²) >= 11 is 0. The molecule has 3 N–H and O–H groups in total. The first kappa shape index (κ1) is 14.1. The highest BCUT2D eigenvalue weighted by atomic mass is 14.9. The molecule has 1 heterocycles. The van der Waals surface area contributed by atoms with Crippen molar-refractivity contribution in [3.63, 3.8) is 0 Å². The Hall–Kier alpha value is -2.88. The van der Waals surface area contributed by atoms with Crippen LogP contribution in [0.5, 0.6) is 0 Å². The highest BCUT2D eigenvalue weighted by Crippen LogP contribution is 2.09. The van der Waals surface area contributed by atoms with Crippen molar-refractivity contribution >= 4 is 5.84 Å². The Morgan fingerprint density at radius 2 is 1.77 bits per heavy atom. The molecule has 0 aliphatic carbocycles. The molecule has 22 heavy (non-hydrogen) atoms. The fourth-order valence-corrected chi connectivity index (χ4v) is 2.27. The molecule has 3 rings (SSSR count). The third kappa shape index (κ3) is 3.61. The van der Waals surface area contributed by atoms with Crippen molar-refractivity contribution in [3.05, 3.63) is 89.5 Å². The van der Waals surface area contributed by atoms with E-state index in [-0.39, 0.29) is 0 Å². The summed E-state index contributed by atoms with van der Waals surface area (Å²) in [6.45, 7) is 0.661. The molecule has 0 bridgehead atoms. The van der Waals surface area contributed by atoms with E-state index in [1.54, 1.807) is 6.33 Å². The molecule has 110 valence electrons. The Labute approximate surface area is 129 Å². The van der Waals surface area contributed by atoms with Crippen molar-refractivity contribution in [1.29, 1.82) is 5.41 Å². The van der Waals surface area contributed by atoms with Gasteiger partial charge in [0.2, 0.25) is 0 Å². The summed E-state index contributed by atoms with van der Waals surface area (Å²) < 4.78 is 0. The van der Waals surface area contributed by atoms with E-state index in [0.29, 0.717) is 12.4 Å². The number of nitrogens with zero attached hydrogens (tertiary/aromatic N) is 1. The predicted molar refractivity (Wildman–Crippen MR) is 87.9 cm³/mol. The average molecular weight is 290 g/mol. The molecule has 0 radical (unpaired) electrons. The van der Waals surface area contributed by atoms with E-state index in [4.69, 9.17) is 5.41 Å². The van der Waals surface area contributed by atoms with Gasteiger partial charge in [0.15, 0.2) is 0 Å². The lowest BCUT2D eigenvalue weighted by Crippen LogP contribution is -2.22. The second-order valence-corrected chi connectivity index (χ2v) is 5.15. The summed E-state index contributed by atoms with van der Waals surface area (Å²) in [4.78, 5) is 7.18. The Kier molecular flexibility index (Phi) is 4.30. The quantitative estimate of drug-likeness (QED) is 0.499. The van der Waals surface area contributed by atoms with Crippen LogP contribution in [0.3, 0.4) is 0 Å². The predicted octanol–water partition coefficient (Wildman–Crippen LogP) is 3.12. The highest BCUT2D eigenvalue weighted by Gasteiger charge is 2.03. The largest absolute Gasteiger partial charge is 0.366 e. The number of aromatic nitrogens is 2. The number of nitrogens with one attached hydrogen (secondary N) is 3. The third-order valence-corrected chi connectivity index (χ3v) is 3.49. The van der Waals surface area contributed by atoms with Crippen LogP contribution in [0.4, 0.5) is 0 Å². The van der Waals surface area contributed by atoms with Crippen molar-refractivity contribution in [3.8, 4) is 0 Å². The van der Waals surface area contributed by atoms with Gasteiger partial charge in [0.25, 0.3) is 0 Å². The molecule has 2 aromatic carbocycles. The van der Waals surface area contributed by atoms with Crippen LogP contribution in [-0.4, -0.2) is 15.8 Å². The molecule has 1 aromatic heterocycles. The molecule has 0 amide bonds. The summed E-state index contributed by atoms with van der Waals surface area (Å²) in [5.74, 6) is 0.440. The summed E-state index contributed by atoms with van der Waals surface area (Å²) in [7, 11) is 0. The number of hydrogen-bond donors (Lipinski definition) is 3. The van der Waals surface area contributed by atoms with Gasteiger partial charge in [-0.2, -0.15) is 0 Å². The van der Waals surface area contributed by atoms with Gasteiger partial charge in [0.05, 0.1) is 12.0 Å². The normalized spacial score (nSPS) is 10.4. The topological polar surface area (TPSA) is 64.6 Å². The summed E-state index contributed by atoms with van der Waals surface area (Å²) in [5, 5.41) is 11.3. The highest BCUT2D eigenvalue weighted by molar-refractivity contribution is 5.96. The molecule has 4 heteroatoms. The average Bonchev–Trinajstić information content (AvgIpc) is 3.07. The molecule has 4 nitrogen and oxygen atoms in total. The van der Waals surface area contributed by atoms with Gasteiger partial charge in [-0.05, 0) is 11.1 Å². The maximum Gasteiger partial charge on any atom is 0.125 e. The molecule has 0 saturated carbocycles.